The van der Waals surface area contributed by atoms with E-state index in [1.807, 2.05) is 56.0 Å². The second-order valence-electron chi connectivity index (χ2n) is 7.29. The van der Waals surface area contributed by atoms with Crippen molar-refractivity contribution in [1.29, 1.82) is 0 Å². The van der Waals surface area contributed by atoms with E-state index >= 15 is 0 Å². The smallest absolute Gasteiger partial charge is 0.410 e. The van der Waals surface area contributed by atoms with Crippen LogP contribution in [0.2, 0.25) is 0 Å². The highest BCUT2D eigenvalue weighted by molar-refractivity contribution is 5.82. The lowest BCUT2D eigenvalue weighted by atomic mass is 10.0. The molecule has 1 heterocycles. The Kier molecular flexibility index (Phi) is 7.45. The standard InChI is InChI=1S/C20H31N3O3/c1-4-22(20(25)26-14-16-8-6-5-7-9-16)12-17-10-11-23(13-17)19(24)18(21)15(2)3/h5-9,15,17-18H,4,10-14,21H2,1-3H3/t17?,18-/m0/s1. The van der Waals surface area contributed by atoms with Gasteiger partial charge in [-0.3, -0.25) is 4.79 Å². The third-order valence-electron chi connectivity index (χ3n) is 4.92. The van der Waals surface area contributed by atoms with E-state index in [9.17, 15) is 9.59 Å². The van der Waals surface area contributed by atoms with Crippen molar-refractivity contribution in [2.45, 2.75) is 39.8 Å². The molecule has 1 aromatic carbocycles. The Morgan fingerprint density at radius 1 is 1.31 bits per heavy atom. The van der Waals surface area contributed by atoms with Gasteiger partial charge in [0.25, 0.3) is 0 Å². The number of likely N-dealkylation sites (tertiary alicyclic amines) is 1. The Bertz CT molecular complexity index is 591. The molecule has 0 spiro atoms. The Morgan fingerprint density at radius 3 is 2.62 bits per heavy atom. The average molecular weight is 361 g/mol. The lowest BCUT2D eigenvalue weighted by Gasteiger charge is -2.25. The summed E-state index contributed by atoms with van der Waals surface area (Å²) in [5.41, 5.74) is 6.95. The van der Waals surface area contributed by atoms with E-state index in [2.05, 4.69) is 0 Å². The monoisotopic (exact) mass is 361 g/mol. The fraction of sp³-hybridized carbons (Fsp3) is 0.600. The Hall–Kier alpha value is -2.08. The van der Waals surface area contributed by atoms with Gasteiger partial charge in [0.1, 0.15) is 6.61 Å². The van der Waals surface area contributed by atoms with Gasteiger partial charge in [-0.15, -0.1) is 0 Å². The van der Waals surface area contributed by atoms with Crippen molar-refractivity contribution in [3.63, 3.8) is 0 Å². The van der Waals surface area contributed by atoms with Crippen LogP contribution < -0.4 is 5.73 Å². The molecule has 2 N–H and O–H groups in total. The SMILES string of the molecule is CCN(CC1CCN(C(=O)[C@@H](N)C(C)C)C1)C(=O)OCc1ccccc1. The lowest BCUT2D eigenvalue weighted by Crippen LogP contribution is -2.46. The third kappa shape index (κ3) is 5.46. The summed E-state index contributed by atoms with van der Waals surface area (Å²) in [6.45, 7) is 8.68. The normalized spacial score (nSPS) is 18.0. The number of ether oxygens (including phenoxy) is 1. The highest BCUT2D eigenvalue weighted by Crippen LogP contribution is 2.20. The first-order valence-corrected chi connectivity index (χ1v) is 9.42. The van der Waals surface area contributed by atoms with E-state index in [-0.39, 0.29) is 30.4 Å². The molecule has 1 aliphatic rings. The summed E-state index contributed by atoms with van der Waals surface area (Å²) < 4.78 is 5.42. The van der Waals surface area contributed by atoms with Crippen LogP contribution in [0, 0.1) is 11.8 Å². The molecular weight excluding hydrogens is 330 g/mol. The minimum absolute atomic E-state index is 0.0113. The van der Waals surface area contributed by atoms with Crippen LogP contribution in [0.5, 0.6) is 0 Å². The van der Waals surface area contributed by atoms with Crippen LogP contribution in [-0.4, -0.2) is 54.0 Å². The van der Waals surface area contributed by atoms with Crippen LogP contribution in [0.4, 0.5) is 4.79 Å². The van der Waals surface area contributed by atoms with Gasteiger partial charge < -0.3 is 20.3 Å². The maximum absolute atomic E-state index is 12.4. The predicted octanol–water partition coefficient (Wildman–Crippen LogP) is 2.48. The number of hydrogen-bond acceptors (Lipinski definition) is 4. The second-order valence-corrected chi connectivity index (χ2v) is 7.29. The predicted molar refractivity (Wildman–Crippen MR) is 101 cm³/mol. The molecule has 0 aromatic heterocycles. The molecule has 1 saturated heterocycles. The molecule has 0 aliphatic carbocycles. The molecule has 1 aliphatic heterocycles. The highest BCUT2D eigenvalue weighted by atomic mass is 16.6. The van der Waals surface area contributed by atoms with Crippen LogP contribution >= 0.6 is 0 Å². The van der Waals surface area contributed by atoms with Gasteiger partial charge >= 0.3 is 6.09 Å². The minimum Gasteiger partial charge on any atom is -0.445 e. The number of rotatable bonds is 7. The summed E-state index contributed by atoms with van der Waals surface area (Å²) >= 11 is 0. The molecular formula is C20H31N3O3. The first kappa shape index (κ1) is 20.2. The van der Waals surface area contributed by atoms with Crippen LogP contribution in [-0.2, 0) is 16.1 Å². The van der Waals surface area contributed by atoms with E-state index in [1.54, 1.807) is 4.90 Å². The number of carbonyl (C=O) groups is 2. The van der Waals surface area contributed by atoms with Crippen molar-refractivity contribution < 1.29 is 14.3 Å². The van der Waals surface area contributed by atoms with Crippen molar-refractivity contribution >= 4 is 12.0 Å². The topological polar surface area (TPSA) is 75.9 Å². The van der Waals surface area contributed by atoms with Crippen molar-refractivity contribution in [2.24, 2.45) is 17.6 Å². The van der Waals surface area contributed by atoms with E-state index in [0.717, 1.165) is 12.0 Å². The summed E-state index contributed by atoms with van der Waals surface area (Å²) in [6.07, 6.45) is 0.582. The zero-order valence-corrected chi connectivity index (χ0v) is 16.1. The van der Waals surface area contributed by atoms with Crippen molar-refractivity contribution in [2.75, 3.05) is 26.2 Å². The molecule has 1 aromatic rings. The van der Waals surface area contributed by atoms with E-state index in [4.69, 9.17) is 10.5 Å². The summed E-state index contributed by atoms with van der Waals surface area (Å²) in [6, 6.07) is 9.19. The van der Waals surface area contributed by atoms with Crippen LogP contribution in [0.25, 0.3) is 0 Å². The summed E-state index contributed by atoms with van der Waals surface area (Å²) in [7, 11) is 0. The fourth-order valence-electron chi connectivity index (χ4n) is 3.13. The molecule has 0 bridgehead atoms. The number of amides is 2. The zero-order chi connectivity index (χ0) is 19.1. The van der Waals surface area contributed by atoms with Gasteiger partial charge in [0.2, 0.25) is 5.91 Å². The molecule has 26 heavy (non-hydrogen) atoms. The zero-order valence-electron chi connectivity index (χ0n) is 16.1. The minimum atomic E-state index is -0.452. The Balaban J connectivity index is 1.82. The van der Waals surface area contributed by atoms with Gasteiger partial charge in [-0.05, 0) is 30.7 Å². The second kappa shape index (κ2) is 9.57. The average Bonchev–Trinajstić information content (AvgIpc) is 3.12. The molecule has 2 rings (SSSR count). The summed E-state index contributed by atoms with van der Waals surface area (Å²) in [4.78, 5) is 28.3. The maximum atomic E-state index is 12.4. The molecule has 2 amide bonds. The van der Waals surface area contributed by atoms with Gasteiger partial charge in [-0.25, -0.2) is 4.79 Å². The van der Waals surface area contributed by atoms with Gasteiger partial charge in [-0.1, -0.05) is 44.2 Å². The largest absolute Gasteiger partial charge is 0.445 e. The van der Waals surface area contributed by atoms with Crippen LogP contribution in [0.15, 0.2) is 30.3 Å². The molecule has 144 valence electrons. The maximum Gasteiger partial charge on any atom is 0.410 e. The molecule has 6 heteroatoms. The Morgan fingerprint density at radius 2 is 2.00 bits per heavy atom. The van der Waals surface area contributed by atoms with Gasteiger partial charge in [0.15, 0.2) is 0 Å². The number of nitrogens with two attached hydrogens (primary N) is 1. The fourth-order valence-corrected chi connectivity index (χ4v) is 3.13. The number of hydrogen-bond donors (Lipinski definition) is 1. The van der Waals surface area contributed by atoms with Crippen LogP contribution in [0.3, 0.4) is 0 Å². The highest BCUT2D eigenvalue weighted by Gasteiger charge is 2.32. The molecule has 6 nitrogen and oxygen atoms in total. The third-order valence-corrected chi connectivity index (χ3v) is 4.92. The van der Waals surface area contributed by atoms with Crippen molar-refractivity contribution in [3.8, 4) is 0 Å². The molecule has 0 saturated carbocycles. The van der Waals surface area contributed by atoms with Crippen LogP contribution in [0.1, 0.15) is 32.8 Å². The number of nitrogens with zero attached hydrogens (tertiary/aromatic N) is 2. The summed E-state index contributed by atoms with van der Waals surface area (Å²) in [5, 5.41) is 0. The molecule has 1 fully saturated rings. The summed E-state index contributed by atoms with van der Waals surface area (Å²) in [5.74, 6) is 0.404. The number of carbonyl (C=O) groups excluding carboxylic acids is 2. The quantitative estimate of drug-likeness (QED) is 0.809. The van der Waals surface area contributed by atoms with E-state index in [1.165, 1.54) is 0 Å². The first-order valence-electron chi connectivity index (χ1n) is 9.42. The molecule has 1 unspecified atom stereocenters. The molecule has 0 radical (unpaired) electrons. The van der Waals surface area contributed by atoms with Gasteiger partial charge in [0.05, 0.1) is 6.04 Å². The number of benzene rings is 1. The van der Waals surface area contributed by atoms with E-state index in [0.29, 0.717) is 26.2 Å². The van der Waals surface area contributed by atoms with Gasteiger partial charge in [0, 0.05) is 26.2 Å². The molecule has 2 atom stereocenters. The first-order chi connectivity index (χ1) is 12.4. The van der Waals surface area contributed by atoms with Gasteiger partial charge in [-0.2, -0.15) is 0 Å². The van der Waals surface area contributed by atoms with E-state index < -0.39 is 6.04 Å². The lowest BCUT2D eigenvalue weighted by molar-refractivity contribution is -0.132. The van der Waals surface area contributed by atoms with Crippen molar-refractivity contribution in [3.05, 3.63) is 35.9 Å². The Labute approximate surface area is 156 Å². The van der Waals surface area contributed by atoms with Crippen molar-refractivity contribution in [1.82, 2.24) is 9.80 Å².